The topological polar surface area (TPSA) is 55.1 Å². The van der Waals surface area contributed by atoms with E-state index in [1.54, 1.807) is 18.2 Å². The summed E-state index contributed by atoms with van der Waals surface area (Å²) in [5.41, 5.74) is 6.52. The Labute approximate surface area is 107 Å². The van der Waals surface area contributed by atoms with E-state index in [0.29, 0.717) is 28.7 Å². The van der Waals surface area contributed by atoms with Gasteiger partial charge < -0.3 is 11.1 Å². The molecule has 0 heterocycles. The van der Waals surface area contributed by atoms with Crippen molar-refractivity contribution in [3.8, 4) is 0 Å². The average molecular weight is 255 g/mol. The van der Waals surface area contributed by atoms with Gasteiger partial charge in [-0.25, -0.2) is 0 Å². The molecule has 0 aliphatic rings. The van der Waals surface area contributed by atoms with E-state index in [4.69, 9.17) is 17.3 Å². The minimum atomic E-state index is -0.197. The lowest BCUT2D eigenvalue weighted by atomic mass is 10.1. The number of carbonyl (C=O) groups is 1. The van der Waals surface area contributed by atoms with Gasteiger partial charge in [-0.1, -0.05) is 31.5 Å². The normalized spacial score (nSPS) is 10.6. The zero-order chi connectivity index (χ0) is 12.8. The summed E-state index contributed by atoms with van der Waals surface area (Å²) in [6, 6.07) is 5.07. The summed E-state index contributed by atoms with van der Waals surface area (Å²) in [4.78, 5) is 11.9. The van der Waals surface area contributed by atoms with Gasteiger partial charge in [-0.2, -0.15) is 0 Å². The molecule has 3 N–H and O–H groups in total. The van der Waals surface area contributed by atoms with Gasteiger partial charge in [0.15, 0.2) is 0 Å². The van der Waals surface area contributed by atoms with Gasteiger partial charge in [-0.3, -0.25) is 4.79 Å². The van der Waals surface area contributed by atoms with Gasteiger partial charge in [0.2, 0.25) is 0 Å². The van der Waals surface area contributed by atoms with Crippen LogP contribution in [0.5, 0.6) is 0 Å². The Hall–Kier alpha value is -1.22. The first-order valence-corrected chi connectivity index (χ1v) is 6.22. The van der Waals surface area contributed by atoms with Crippen molar-refractivity contribution >= 4 is 23.2 Å². The Balaban J connectivity index is 2.53. The standard InChI is InChI=1S/C13H19ClN2O/c1-9(2)5-4-8-16-13(17)12-10(14)6-3-7-11(12)15/h3,6-7,9H,4-5,8,15H2,1-2H3,(H,16,17). The van der Waals surface area contributed by atoms with Gasteiger partial charge in [0.05, 0.1) is 10.6 Å². The minimum absolute atomic E-state index is 0.197. The van der Waals surface area contributed by atoms with E-state index in [1.807, 2.05) is 0 Å². The second-order valence-electron chi connectivity index (χ2n) is 4.50. The highest BCUT2D eigenvalue weighted by Crippen LogP contribution is 2.21. The van der Waals surface area contributed by atoms with E-state index in [2.05, 4.69) is 19.2 Å². The second-order valence-corrected chi connectivity index (χ2v) is 4.90. The van der Waals surface area contributed by atoms with Crippen LogP contribution in [0.3, 0.4) is 0 Å². The molecule has 1 aromatic rings. The number of anilines is 1. The van der Waals surface area contributed by atoms with Gasteiger partial charge in [-0.05, 0) is 30.9 Å². The molecule has 0 radical (unpaired) electrons. The van der Waals surface area contributed by atoms with Crippen LogP contribution in [0.1, 0.15) is 37.0 Å². The first-order valence-electron chi connectivity index (χ1n) is 5.84. The number of halogens is 1. The number of carbonyl (C=O) groups excluding carboxylic acids is 1. The van der Waals surface area contributed by atoms with E-state index in [0.717, 1.165) is 12.8 Å². The molecule has 0 fully saturated rings. The number of nitrogen functional groups attached to an aromatic ring is 1. The lowest BCUT2D eigenvalue weighted by Crippen LogP contribution is -2.25. The molecule has 0 unspecified atom stereocenters. The lowest BCUT2D eigenvalue weighted by Gasteiger charge is -2.09. The summed E-state index contributed by atoms with van der Waals surface area (Å²) in [7, 11) is 0. The molecule has 0 saturated heterocycles. The fraction of sp³-hybridized carbons (Fsp3) is 0.462. The monoisotopic (exact) mass is 254 g/mol. The van der Waals surface area contributed by atoms with E-state index in [1.165, 1.54) is 0 Å². The predicted octanol–water partition coefficient (Wildman–Crippen LogP) is 3.09. The number of nitrogens with two attached hydrogens (primary N) is 1. The highest BCUT2D eigenvalue weighted by Gasteiger charge is 2.12. The highest BCUT2D eigenvalue weighted by atomic mass is 35.5. The summed E-state index contributed by atoms with van der Waals surface area (Å²) in [6.07, 6.45) is 2.06. The Morgan fingerprint density at radius 3 is 2.76 bits per heavy atom. The Morgan fingerprint density at radius 1 is 1.47 bits per heavy atom. The molecule has 0 spiro atoms. The third-order valence-corrected chi connectivity index (χ3v) is 2.83. The van der Waals surface area contributed by atoms with Gasteiger partial charge in [-0.15, -0.1) is 0 Å². The number of hydrogen-bond donors (Lipinski definition) is 2. The van der Waals surface area contributed by atoms with E-state index < -0.39 is 0 Å². The fourth-order valence-corrected chi connectivity index (χ4v) is 1.85. The largest absolute Gasteiger partial charge is 0.398 e. The van der Waals surface area contributed by atoms with Crippen molar-refractivity contribution in [2.24, 2.45) is 5.92 Å². The first kappa shape index (κ1) is 13.8. The Morgan fingerprint density at radius 2 is 2.18 bits per heavy atom. The van der Waals surface area contributed by atoms with Crippen LogP contribution in [-0.2, 0) is 0 Å². The maximum atomic E-state index is 11.9. The van der Waals surface area contributed by atoms with E-state index in [-0.39, 0.29) is 5.91 Å². The zero-order valence-corrected chi connectivity index (χ0v) is 11.1. The number of rotatable bonds is 5. The second kappa shape index (κ2) is 6.50. The zero-order valence-electron chi connectivity index (χ0n) is 10.3. The summed E-state index contributed by atoms with van der Waals surface area (Å²) in [5, 5.41) is 3.23. The molecule has 1 aromatic carbocycles. The Kier molecular flexibility index (Phi) is 5.29. The number of hydrogen-bond acceptors (Lipinski definition) is 2. The first-order chi connectivity index (χ1) is 8.02. The van der Waals surface area contributed by atoms with Gasteiger partial charge >= 0.3 is 0 Å². The van der Waals surface area contributed by atoms with Crippen LogP contribution >= 0.6 is 11.6 Å². The molecule has 17 heavy (non-hydrogen) atoms. The SMILES string of the molecule is CC(C)CCCNC(=O)c1c(N)cccc1Cl. The molecular formula is C13H19ClN2O. The third-order valence-electron chi connectivity index (χ3n) is 2.52. The number of benzene rings is 1. The van der Waals surface area contributed by atoms with Crippen LogP contribution < -0.4 is 11.1 Å². The van der Waals surface area contributed by atoms with Crippen molar-refractivity contribution in [2.45, 2.75) is 26.7 Å². The number of amides is 1. The lowest BCUT2D eigenvalue weighted by molar-refractivity contribution is 0.0953. The molecular weight excluding hydrogens is 236 g/mol. The van der Waals surface area contributed by atoms with Crippen LogP contribution in [0.15, 0.2) is 18.2 Å². The summed E-state index contributed by atoms with van der Waals surface area (Å²) >= 11 is 5.95. The minimum Gasteiger partial charge on any atom is -0.398 e. The molecule has 94 valence electrons. The summed E-state index contributed by atoms with van der Waals surface area (Å²) in [5.74, 6) is 0.453. The molecule has 4 heteroatoms. The molecule has 0 atom stereocenters. The summed E-state index contributed by atoms with van der Waals surface area (Å²) in [6.45, 7) is 4.98. The van der Waals surface area contributed by atoms with Crippen LogP contribution in [0.25, 0.3) is 0 Å². The summed E-state index contributed by atoms with van der Waals surface area (Å²) < 4.78 is 0. The van der Waals surface area contributed by atoms with Crippen LogP contribution in [0.4, 0.5) is 5.69 Å². The van der Waals surface area contributed by atoms with Crippen molar-refractivity contribution in [1.29, 1.82) is 0 Å². The number of nitrogens with one attached hydrogen (secondary N) is 1. The smallest absolute Gasteiger partial charge is 0.254 e. The quantitative estimate of drug-likeness (QED) is 0.627. The highest BCUT2D eigenvalue weighted by molar-refractivity contribution is 6.34. The Bertz CT molecular complexity index is 371. The van der Waals surface area contributed by atoms with Crippen LogP contribution in [-0.4, -0.2) is 12.5 Å². The maximum Gasteiger partial charge on any atom is 0.254 e. The van der Waals surface area contributed by atoms with Crippen molar-refractivity contribution in [3.05, 3.63) is 28.8 Å². The van der Waals surface area contributed by atoms with E-state index in [9.17, 15) is 4.79 Å². The average Bonchev–Trinajstić information content (AvgIpc) is 2.24. The molecule has 0 aliphatic carbocycles. The van der Waals surface area contributed by atoms with Crippen LogP contribution in [0.2, 0.25) is 5.02 Å². The maximum absolute atomic E-state index is 11.9. The van der Waals surface area contributed by atoms with Crippen molar-refractivity contribution in [1.82, 2.24) is 5.32 Å². The van der Waals surface area contributed by atoms with Crippen LogP contribution in [0, 0.1) is 5.92 Å². The molecule has 1 rings (SSSR count). The van der Waals surface area contributed by atoms with Crippen molar-refractivity contribution in [2.75, 3.05) is 12.3 Å². The molecule has 1 amide bonds. The van der Waals surface area contributed by atoms with Gasteiger partial charge in [0, 0.05) is 12.2 Å². The molecule has 0 aliphatic heterocycles. The molecule has 0 aromatic heterocycles. The van der Waals surface area contributed by atoms with E-state index >= 15 is 0 Å². The molecule has 3 nitrogen and oxygen atoms in total. The predicted molar refractivity (Wildman–Crippen MR) is 72.3 cm³/mol. The molecule has 0 saturated carbocycles. The fourth-order valence-electron chi connectivity index (χ4n) is 1.58. The van der Waals surface area contributed by atoms with Crippen molar-refractivity contribution in [3.63, 3.8) is 0 Å². The van der Waals surface area contributed by atoms with Crippen molar-refractivity contribution < 1.29 is 4.79 Å². The van der Waals surface area contributed by atoms with Gasteiger partial charge in [0.25, 0.3) is 5.91 Å². The molecule has 0 bridgehead atoms. The van der Waals surface area contributed by atoms with Gasteiger partial charge in [0.1, 0.15) is 0 Å². The third kappa shape index (κ3) is 4.27.